The molecule has 0 radical (unpaired) electrons. The van der Waals surface area contributed by atoms with Gasteiger partial charge >= 0.3 is 0 Å². The molecular formula is C16H21N3O3. The van der Waals surface area contributed by atoms with E-state index in [0.717, 1.165) is 39.0 Å². The molecule has 6 nitrogen and oxygen atoms in total. The minimum atomic E-state index is -0.223. The number of nitrogens with one attached hydrogen (secondary N) is 1. The number of likely N-dealkylation sites (tertiary alicyclic amines) is 1. The fraction of sp³-hybridized carbons (Fsp3) is 0.688. The van der Waals surface area contributed by atoms with Crippen molar-refractivity contribution in [2.45, 2.75) is 25.2 Å². The van der Waals surface area contributed by atoms with Crippen LogP contribution in [0, 0.1) is 17.8 Å². The molecule has 22 heavy (non-hydrogen) atoms. The summed E-state index contributed by atoms with van der Waals surface area (Å²) in [5.74, 6) is 2.77. The summed E-state index contributed by atoms with van der Waals surface area (Å²) in [6, 6.07) is 1.33. The third-order valence-electron chi connectivity index (χ3n) is 5.26. The molecule has 0 unspecified atom stereocenters. The van der Waals surface area contributed by atoms with E-state index in [-0.39, 0.29) is 11.5 Å². The lowest BCUT2D eigenvalue weighted by Gasteiger charge is -2.26. The number of hydrogen-bond donors (Lipinski definition) is 1. The fourth-order valence-electron chi connectivity index (χ4n) is 3.80. The second-order valence-corrected chi connectivity index (χ2v) is 6.78. The highest BCUT2D eigenvalue weighted by Gasteiger charge is 2.53. The molecule has 118 valence electrons. The zero-order chi connectivity index (χ0) is 15.3. The Morgan fingerprint density at radius 1 is 1.41 bits per heavy atom. The van der Waals surface area contributed by atoms with E-state index in [2.05, 4.69) is 9.97 Å². The lowest BCUT2D eigenvalue weighted by molar-refractivity contribution is 0.0708. The van der Waals surface area contributed by atoms with Crippen molar-refractivity contribution >= 4 is 5.91 Å². The number of aromatic amines is 1. The second kappa shape index (κ2) is 5.19. The highest BCUT2D eigenvalue weighted by Crippen LogP contribution is 2.51. The summed E-state index contributed by atoms with van der Waals surface area (Å²) in [5, 5.41) is 0. The number of carbonyl (C=O) groups is 1. The molecule has 3 fully saturated rings. The van der Waals surface area contributed by atoms with Gasteiger partial charge in [-0.25, -0.2) is 4.98 Å². The number of nitrogens with zero attached hydrogens (tertiary/aromatic N) is 2. The summed E-state index contributed by atoms with van der Waals surface area (Å²) in [7, 11) is 1.73. The Labute approximate surface area is 128 Å². The SMILES string of the molecule is COC[C@@H]1[C@H]2CCN(C(=O)c3cc(=O)[nH]c(C4CC4)n3)C[C@H]21. The van der Waals surface area contributed by atoms with Gasteiger partial charge in [-0.05, 0) is 37.0 Å². The topological polar surface area (TPSA) is 75.3 Å². The molecule has 3 atom stereocenters. The largest absolute Gasteiger partial charge is 0.384 e. The van der Waals surface area contributed by atoms with Crippen molar-refractivity contribution in [3.05, 3.63) is 27.9 Å². The zero-order valence-corrected chi connectivity index (χ0v) is 12.7. The van der Waals surface area contributed by atoms with Crippen molar-refractivity contribution in [3.63, 3.8) is 0 Å². The number of fused-ring (bicyclic) bond motifs is 1. The van der Waals surface area contributed by atoms with E-state index in [9.17, 15) is 9.59 Å². The number of hydrogen-bond acceptors (Lipinski definition) is 4. The van der Waals surface area contributed by atoms with Crippen LogP contribution in [0.3, 0.4) is 0 Å². The first kappa shape index (κ1) is 13.9. The Bertz CT molecular complexity index is 652. The average Bonchev–Trinajstić information content (AvgIpc) is 3.41. The third-order valence-corrected chi connectivity index (χ3v) is 5.26. The standard InChI is InChI=1S/C16H21N3O3/c1-22-8-12-10-4-5-19(7-11(10)12)16(21)13-6-14(20)18-15(17-13)9-2-3-9/h6,9-12H,2-5,7-8H2,1H3,(H,17,18,20)/t10-,11+,12+/m0/s1. The molecule has 2 saturated carbocycles. The minimum Gasteiger partial charge on any atom is -0.384 e. The Balaban J connectivity index is 1.49. The van der Waals surface area contributed by atoms with Crippen LogP contribution in [0.2, 0.25) is 0 Å². The van der Waals surface area contributed by atoms with Crippen molar-refractivity contribution in [3.8, 4) is 0 Å². The molecule has 2 heterocycles. The Morgan fingerprint density at radius 3 is 2.95 bits per heavy atom. The smallest absolute Gasteiger partial charge is 0.272 e. The molecule has 1 aromatic heterocycles. The van der Waals surface area contributed by atoms with Crippen molar-refractivity contribution in [1.29, 1.82) is 0 Å². The first-order valence-corrected chi connectivity index (χ1v) is 8.07. The summed E-state index contributed by atoms with van der Waals surface area (Å²) >= 11 is 0. The van der Waals surface area contributed by atoms with Crippen LogP contribution >= 0.6 is 0 Å². The summed E-state index contributed by atoms with van der Waals surface area (Å²) < 4.78 is 5.24. The number of H-pyrrole nitrogens is 1. The molecular weight excluding hydrogens is 282 g/mol. The van der Waals surface area contributed by atoms with E-state index >= 15 is 0 Å². The summed E-state index contributed by atoms with van der Waals surface area (Å²) in [5.41, 5.74) is 0.0758. The highest BCUT2D eigenvalue weighted by atomic mass is 16.5. The lowest BCUT2D eigenvalue weighted by atomic mass is 10.1. The number of amides is 1. The normalized spacial score (nSPS) is 30.0. The minimum absolute atomic E-state index is 0.102. The molecule has 1 aromatic rings. The summed E-state index contributed by atoms with van der Waals surface area (Å²) in [6.07, 6.45) is 3.13. The van der Waals surface area contributed by atoms with Crippen molar-refractivity contribution < 1.29 is 9.53 Å². The maximum atomic E-state index is 12.7. The molecule has 1 amide bonds. The number of piperidine rings is 1. The Hall–Kier alpha value is -1.69. The third kappa shape index (κ3) is 2.45. The van der Waals surface area contributed by atoms with Gasteiger partial charge in [0.1, 0.15) is 11.5 Å². The molecule has 6 heteroatoms. The van der Waals surface area contributed by atoms with E-state index in [1.807, 2.05) is 4.90 Å². The number of carbonyl (C=O) groups excluding carboxylic acids is 1. The van der Waals surface area contributed by atoms with Crippen LogP contribution < -0.4 is 5.56 Å². The van der Waals surface area contributed by atoms with E-state index < -0.39 is 0 Å². The predicted octanol–water partition coefficient (Wildman–Crippen LogP) is 1.00. The van der Waals surface area contributed by atoms with Gasteiger partial charge in [0.05, 0.1) is 0 Å². The van der Waals surface area contributed by atoms with Gasteiger partial charge in [0, 0.05) is 38.8 Å². The van der Waals surface area contributed by atoms with Gasteiger partial charge in [-0.15, -0.1) is 0 Å². The van der Waals surface area contributed by atoms with E-state index in [4.69, 9.17) is 4.74 Å². The van der Waals surface area contributed by atoms with Crippen LogP contribution in [0.5, 0.6) is 0 Å². The second-order valence-electron chi connectivity index (χ2n) is 6.78. The van der Waals surface area contributed by atoms with E-state index in [1.54, 1.807) is 7.11 Å². The first-order chi connectivity index (χ1) is 10.7. The van der Waals surface area contributed by atoms with Crippen LogP contribution in [0.4, 0.5) is 0 Å². The fourth-order valence-corrected chi connectivity index (χ4v) is 3.80. The van der Waals surface area contributed by atoms with Gasteiger partial charge in [-0.2, -0.15) is 0 Å². The van der Waals surface area contributed by atoms with Crippen LogP contribution in [-0.2, 0) is 4.74 Å². The first-order valence-electron chi connectivity index (χ1n) is 8.07. The molecule has 3 aliphatic rings. The summed E-state index contributed by atoms with van der Waals surface area (Å²) in [6.45, 7) is 2.31. The quantitative estimate of drug-likeness (QED) is 0.900. The summed E-state index contributed by atoms with van der Waals surface area (Å²) in [4.78, 5) is 33.4. The van der Waals surface area contributed by atoms with E-state index in [1.165, 1.54) is 6.07 Å². The number of rotatable bonds is 4. The van der Waals surface area contributed by atoms with Gasteiger partial charge in [0.2, 0.25) is 0 Å². The van der Waals surface area contributed by atoms with Crippen LogP contribution in [0.15, 0.2) is 10.9 Å². The maximum absolute atomic E-state index is 12.7. The lowest BCUT2D eigenvalue weighted by Crippen LogP contribution is -2.38. The molecule has 2 aliphatic carbocycles. The van der Waals surface area contributed by atoms with Gasteiger partial charge in [-0.1, -0.05) is 0 Å². The average molecular weight is 303 g/mol. The Kier molecular flexibility index (Phi) is 3.29. The van der Waals surface area contributed by atoms with Crippen molar-refractivity contribution in [1.82, 2.24) is 14.9 Å². The number of aromatic nitrogens is 2. The number of methoxy groups -OCH3 is 1. The zero-order valence-electron chi connectivity index (χ0n) is 12.7. The van der Waals surface area contributed by atoms with Crippen LogP contribution in [0.1, 0.15) is 41.5 Å². The van der Waals surface area contributed by atoms with Gasteiger partial charge < -0.3 is 14.6 Å². The monoisotopic (exact) mass is 303 g/mol. The molecule has 0 bridgehead atoms. The van der Waals surface area contributed by atoms with Gasteiger partial charge in [-0.3, -0.25) is 9.59 Å². The highest BCUT2D eigenvalue weighted by molar-refractivity contribution is 5.92. The maximum Gasteiger partial charge on any atom is 0.272 e. The van der Waals surface area contributed by atoms with E-state index in [0.29, 0.717) is 35.2 Å². The molecule has 0 aromatic carbocycles. The van der Waals surface area contributed by atoms with Crippen LogP contribution in [0.25, 0.3) is 0 Å². The van der Waals surface area contributed by atoms with Gasteiger partial charge in [0.15, 0.2) is 0 Å². The predicted molar refractivity (Wildman–Crippen MR) is 79.7 cm³/mol. The number of ether oxygens (including phenoxy) is 1. The molecule has 0 spiro atoms. The Morgan fingerprint density at radius 2 is 2.23 bits per heavy atom. The van der Waals surface area contributed by atoms with Crippen LogP contribution in [-0.4, -0.2) is 47.6 Å². The molecule has 1 saturated heterocycles. The van der Waals surface area contributed by atoms with Gasteiger partial charge in [0.25, 0.3) is 11.5 Å². The van der Waals surface area contributed by atoms with Crippen molar-refractivity contribution in [2.75, 3.05) is 26.8 Å². The molecule has 1 N–H and O–H groups in total. The van der Waals surface area contributed by atoms with Crippen molar-refractivity contribution in [2.24, 2.45) is 17.8 Å². The molecule has 1 aliphatic heterocycles. The molecule has 4 rings (SSSR count).